The van der Waals surface area contributed by atoms with Crippen molar-refractivity contribution >= 4 is 155 Å². The van der Waals surface area contributed by atoms with Gasteiger partial charge in [-0.25, -0.2) is 39.9 Å². The van der Waals surface area contributed by atoms with Gasteiger partial charge in [0.05, 0.1) is 125 Å². The maximum Gasteiger partial charge on any atom is 0.160 e. The zero-order valence-corrected chi connectivity index (χ0v) is 75.2. The summed E-state index contributed by atoms with van der Waals surface area (Å²) in [6.07, 6.45) is 3.58. The van der Waals surface area contributed by atoms with E-state index in [1.54, 1.807) is 12.4 Å². The Morgan fingerprint density at radius 3 is 0.920 bits per heavy atom. The Hall–Kier alpha value is -17.9. The third-order valence-electron chi connectivity index (χ3n) is 25.2. The molecule has 0 amide bonds. The van der Waals surface area contributed by atoms with Gasteiger partial charge >= 0.3 is 0 Å². The lowest BCUT2D eigenvalue weighted by Crippen LogP contribution is -1.96. The van der Waals surface area contributed by atoms with E-state index < -0.39 is 0 Å². The smallest absolute Gasteiger partial charge is 0.160 e. The SMILES string of the molecule is c1ccc(-c2cc(-c3ccc(-c4cccc5nc(-c6ccccc6)c6ccc7nsnc7c6c45)cc3)nc(-c3ccccc3)n2)cc1.c1ccc(-c2ccc3ccc4ccc(-c5cccc6nc(-c7ccccc7)c7ccc8nsnc8c7c56)nc4c3n2)cc1.c1ccc(-c2nc3cccc(-c4ccc(-c5cc(-c6ccccn6)nc(-c6ccccn6)c5)cc4)c3c3c2ccc2nsnc23)cc1. The van der Waals surface area contributed by atoms with Crippen LogP contribution in [0.15, 0.2) is 425 Å². The summed E-state index contributed by atoms with van der Waals surface area (Å²) in [6, 6.07) is 141. The summed E-state index contributed by atoms with van der Waals surface area (Å²) in [7, 11) is 0. The van der Waals surface area contributed by atoms with Crippen LogP contribution >= 0.6 is 35.2 Å². The second-order valence-electron chi connectivity index (χ2n) is 33.3. The highest BCUT2D eigenvalue weighted by molar-refractivity contribution is 7.00. The number of hydrogen-bond donors (Lipinski definition) is 0. The molecule has 12 heterocycles. The van der Waals surface area contributed by atoms with Crippen molar-refractivity contribution in [3.8, 4) is 146 Å². The third-order valence-corrected chi connectivity index (χ3v) is 26.8. The average molecular weight is 1810 g/mol. The average Bonchev–Trinajstić information content (AvgIpc) is 1.72. The van der Waals surface area contributed by atoms with Gasteiger partial charge in [0, 0.05) is 116 Å². The van der Waals surface area contributed by atoms with Crippen LogP contribution in [0, 0.1) is 0 Å². The Morgan fingerprint density at radius 2 is 0.504 bits per heavy atom. The first-order chi connectivity index (χ1) is 67.9. The van der Waals surface area contributed by atoms with Crippen LogP contribution in [0.2, 0.25) is 0 Å². The molecule has 12 aromatic heterocycles. The van der Waals surface area contributed by atoms with Crippen molar-refractivity contribution < 1.29 is 0 Å². The summed E-state index contributed by atoms with van der Waals surface area (Å²) in [5, 5.41) is 11.7. The second kappa shape index (κ2) is 35.0. The van der Waals surface area contributed by atoms with Crippen molar-refractivity contribution in [2.45, 2.75) is 0 Å². The fraction of sp³-hybridized carbons (Fsp3) is 0. The summed E-state index contributed by atoms with van der Waals surface area (Å²) in [4.78, 5) is 50.1. The quantitative estimate of drug-likeness (QED) is 0.0984. The molecule has 137 heavy (non-hydrogen) atoms. The predicted molar refractivity (Wildman–Crippen MR) is 561 cm³/mol. The normalized spacial score (nSPS) is 11.5. The molecule has 0 aliphatic heterocycles. The molecule has 0 bridgehead atoms. The van der Waals surface area contributed by atoms with Gasteiger partial charge in [-0.05, 0) is 143 Å². The summed E-state index contributed by atoms with van der Waals surface area (Å²) < 4.78 is 28.1. The fourth-order valence-electron chi connectivity index (χ4n) is 18.7. The molecular weight excluding hydrogens is 1740 g/mol. The van der Waals surface area contributed by atoms with Crippen molar-refractivity contribution in [2.24, 2.45) is 0 Å². The van der Waals surface area contributed by atoms with Gasteiger partial charge in [0.25, 0.3) is 0 Å². The lowest BCUT2D eigenvalue weighted by Gasteiger charge is -2.14. The largest absolute Gasteiger partial charge is 0.255 e. The van der Waals surface area contributed by atoms with Crippen molar-refractivity contribution in [3.05, 3.63) is 425 Å². The molecule has 0 spiro atoms. The molecule has 640 valence electrons. The monoisotopic (exact) mass is 1810 g/mol. The first kappa shape index (κ1) is 81.1. The minimum Gasteiger partial charge on any atom is -0.255 e. The van der Waals surface area contributed by atoms with Crippen molar-refractivity contribution in [3.63, 3.8) is 0 Å². The number of aromatic nitrogens is 16. The molecule has 0 saturated heterocycles. The van der Waals surface area contributed by atoms with Crippen LogP contribution in [0.4, 0.5) is 0 Å². The van der Waals surface area contributed by atoms with E-state index in [0.29, 0.717) is 5.82 Å². The Bertz CT molecular complexity index is 8840. The first-order valence-electron chi connectivity index (χ1n) is 44.8. The fourth-order valence-corrected chi connectivity index (χ4v) is 20.3. The first-order valence-corrected chi connectivity index (χ1v) is 47.0. The standard InChI is InChI=1S/C41H25N5S.C40H24N6S.C37H21N5S/c1-4-11-27(12-5-1)35-25-36(44-41(43-35)30-15-8-3-9-16-30)28-21-19-26(20-22-28)31-17-10-18-33-37(31)38-32(23-24-34-40(38)46-47-45-34)39(42-33)29-13-6-2-7-14-29;1-2-9-27(10-3-1)39-30-19-20-34-40(46-47-45-34)38(30)37-29(11-8-14-33(37)44-39)26-17-15-25(16-18-26)28-23-35(31-12-4-6-21-41-31)43-36(24-28)32-13-5-7-22-42-32;1-3-8-22(9-4-1)28-19-16-24-14-15-25-17-20-29(39-36(25)35(24)38-28)26-12-7-13-30-32(26)33-27(18-21-31-37(33)42-43-41-31)34(40-30)23-10-5-2-6-11-23/h1-25H;1-24H;1-21H. The zero-order valence-electron chi connectivity index (χ0n) is 72.8. The van der Waals surface area contributed by atoms with Crippen LogP contribution < -0.4 is 0 Å². The van der Waals surface area contributed by atoms with Gasteiger partial charge < -0.3 is 0 Å². The molecule has 0 atom stereocenters. The lowest BCUT2D eigenvalue weighted by molar-refractivity contribution is 1.18. The molecule has 0 aliphatic carbocycles. The molecule has 27 rings (SSSR count). The van der Waals surface area contributed by atoms with Gasteiger partial charge in [0.15, 0.2) is 5.82 Å². The summed E-state index contributed by atoms with van der Waals surface area (Å²) in [6.45, 7) is 0. The summed E-state index contributed by atoms with van der Waals surface area (Å²) in [5.41, 5.74) is 34.4. The minimum atomic E-state index is 0.702. The van der Waals surface area contributed by atoms with Gasteiger partial charge in [-0.1, -0.05) is 303 Å². The van der Waals surface area contributed by atoms with Crippen LogP contribution in [0.1, 0.15) is 0 Å². The zero-order chi connectivity index (χ0) is 90.6. The molecule has 0 N–H and O–H groups in total. The van der Waals surface area contributed by atoms with Crippen LogP contribution in [-0.2, 0) is 0 Å². The molecule has 15 aromatic carbocycles. The van der Waals surface area contributed by atoms with Gasteiger partial charge in [-0.2, -0.15) is 26.2 Å². The summed E-state index contributed by atoms with van der Waals surface area (Å²) in [5.74, 6) is 0.702. The number of benzene rings is 15. The molecule has 0 aliphatic rings. The molecule has 0 radical (unpaired) electrons. The maximum atomic E-state index is 5.29. The van der Waals surface area contributed by atoms with Gasteiger partial charge in [0.2, 0.25) is 0 Å². The van der Waals surface area contributed by atoms with Crippen molar-refractivity contribution in [1.29, 1.82) is 0 Å². The van der Waals surface area contributed by atoms with E-state index in [9.17, 15) is 0 Å². The molecule has 16 nitrogen and oxygen atoms in total. The second-order valence-corrected chi connectivity index (χ2v) is 34.9. The van der Waals surface area contributed by atoms with E-state index >= 15 is 0 Å². The van der Waals surface area contributed by atoms with Crippen LogP contribution in [0.5, 0.6) is 0 Å². The Morgan fingerprint density at radius 1 is 0.161 bits per heavy atom. The van der Waals surface area contributed by atoms with Crippen LogP contribution in [0.3, 0.4) is 0 Å². The van der Waals surface area contributed by atoms with Crippen LogP contribution in [-0.4, -0.2) is 76.1 Å². The molecule has 0 fully saturated rings. The van der Waals surface area contributed by atoms with Gasteiger partial charge in [0.1, 0.15) is 33.1 Å². The number of hydrogen-bond acceptors (Lipinski definition) is 19. The highest BCUT2D eigenvalue weighted by atomic mass is 32.1. The molecular formula is C118H70N16S3. The van der Waals surface area contributed by atoms with Gasteiger partial charge in [-0.3, -0.25) is 9.97 Å². The predicted octanol–water partition coefficient (Wildman–Crippen LogP) is 29.9. The number of rotatable bonds is 13. The number of nitrogens with zero attached hydrogens (tertiary/aromatic N) is 16. The topological polar surface area (TPSA) is 206 Å². The maximum absolute atomic E-state index is 5.29. The van der Waals surface area contributed by atoms with E-state index in [1.807, 2.05) is 152 Å². The van der Waals surface area contributed by atoms with E-state index in [4.69, 9.17) is 53.0 Å². The van der Waals surface area contributed by atoms with Gasteiger partial charge in [-0.15, -0.1) is 0 Å². The molecule has 0 saturated carbocycles. The van der Waals surface area contributed by atoms with Crippen LogP contribution in [0.25, 0.3) is 266 Å². The number of pyridine rings is 8. The highest BCUT2D eigenvalue weighted by Crippen LogP contribution is 2.47. The lowest BCUT2D eigenvalue weighted by atomic mass is 9.92. The molecule has 27 aromatic rings. The summed E-state index contributed by atoms with van der Waals surface area (Å²) >= 11 is 3.73. The molecule has 19 heteroatoms. The minimum absolute atomic E-state index is 0.702. The van der Waals surface area contributed by atoms with Crippen molar-refractivity contribution in [2.75, 3.05) is 0 Å². The van der Waals surface area contributed by atoms with E-state index in [-0.39, 0.29) is 0 Å². The highest BCUT2D eigenvalue weighted by Gasteiger charge is 2.25. The van der Waals surface area contributed by atoms with E-state index in [0.717, 1.165) is 260 Å². The van der Waals surface area contributed by atoms with E-state index in [2.05, 4.69) is 284 Å². The molecule has 0 unspecified atom stereocenters. The Balaban J connectivity index is 0.000000109. The van der Waals surface area contributed by atoms with Crippen molar-refractivity contribution in [1.82, 2.24) is 76.1 Å². The number of fused-ring (bicyclic) bond motifs is 18. The Kier molecular flexibility index (Phi) is 20.7. The third kappa shape index (κ3) is 15.2. The Labute approximate surface area is 796 Å². The van der Waals surface area contributed by atoms with E-state index in [1.165, 1.54) is 35.2 Å².